The van der Waals surface area contributed by atoms with Gasteiger partial charge >= 0.3 is 0 Å². The van der Waals surface area contributed by atoms with Gasteiger partial charge in [0.25, 0.3) is 0 Å². The van der Waals surface area contributed by atoms with Gasteiger partial charge in [-0.1, -0.05) is 30.7 Å². The molecule has 112 valence electrons. The quantitative estimate of drug-likeness (QED) is 0.835. The lowest BCUT2D eigenvalue weighted by atomic mass is 9.97. The average molecular weight is 310 g/mol. The minimum absolute atomic E-state index is 0.0812. The molecule has 0 aliphatic heterocycles. The highest BCUT2D eigenvalue weighted by Gasteiger charge is 2.15. The molecular weight excluding hydrogens is 292 g/mol. The lowest BCUT2D eigenvalue weighted by Gasteiger charge is -2.20. The van der Waals surface area contributed by atoms with E-state index in [-0.39, 0.29) is 11.9 Å². The Hall–Kier alpha value is -1.45. The average Bonchev–Trinajstić information content (AvgIpc) is 2.45. The molecule has 0 aliphatic carbocycles. The van der Waals surface area contributed by atoms with Crippen LogP contribution in [0, 0.1) is 18.6 Å². The van der Waals surface area contributed by atoms with Crippen LogP contribution < -0.4 is 5.32 Å². The van der Waals surface area contributed by atoms with Crippen molar-refractivity contribution < 1.29 is 8.78 Å². The minimum atomic E-state index is -0.422. The fourth-order valence-electron chi connectivity index (χ4n) is 2.36. The first-order valence-electron chi connectivity index (χ1n) is 6.94. The molecule has 0 saturated heterocycles. The second-order valence-electron chi connectivity index (χ2n) is 5.06. The number of halogens is 3. The molecule has 0 bridgehead atoms. The zero-order valence-electron chi connectivity index (χ0n) is 12.1. The van der Waals surface area contributed by atoms with Gasteiger partial charge in [-0.3, -0.25) is 0 Å². The monoisotopic (exact) mass is 309 g/mol. The summed E-state index contributed by atoms with van der Waals surface area (Å²) in [7, 11) is 0. The lowest BCUT2D eigenvalue weighted by Crippen LogP contribution is -2.23. The molecule has 0 radical (unpaired) electrons. The van der Waals surface area contributed by atoms with Gasteiger partial charge in [0.05, 0.1) is 0 Å². The number of rotatable bonds is 5. The summed E-state index contributed by atoms with van der Waals surface area (Å²) in [4.78, 5) is 0. The molecule has 2 rings (SSSR count). The van der Waals surface area contributed by atoms with E-state index in [4.69, 9.17) is 11.6 Å². The van der Waals surface area contributed by atoms with Gasteiger partial charge in [0.1, 0.15) is 11.6 Å². The van der Waals surface area contributed by atoms with Crippen LogP contribution in [0.2, 0.25) is 5.02 Å². The van der Waals surface area contributed by atoms with Crippen LogP contribution in [-0.4, -0.2) is 6.54 Å². The summed E-state index contributed by atoms with van der Waals surface area (Å²) in [6.07, 6.45) is 0.387. The molecule has 0 aromatic heterocycles. The smallest absolute Gasteiger partial charge is 0.126 e. The van der Waals surface area contributed by atoms with E-state index in [9.17, 15) is 8.78 Å². The Kier molecular flexibility index (Phi) is 5.32. The Balaban J connectivity index is 2.30. The van der Waals surface area contributed by atoms with E-state index in [0.717, 1.165) is 23.7 Å². The highest BCUT2D eigenvalue weighted by atomic mass is 35.5. The molecule has 1 unspecified atom stereocenters. The number of aryl methyl sites for hydroxylation is 1. The van der Waals surface area contributed by atoms with Gasteiger partial charge in [-0.2, -0.15) is 0 Å². The van der Waals surface area contributed by atoms with Crippen molar-refractivity contribution in [3.8, 4) is 0 Å². The molecule has 1 atom stereocenters. The van der Waals surface area contributed by atoms with Crippen LogP contribution in [0.1, 0.15) is 29.7 Å². The molecule has 2 aromatic rings. The summed E-state index contributed by atoms with van der Waals surface area (Å²) < 4.78 is 27.1. The van der Waals surface area contributed by atoms with Crippen LogP contribution in [-0.2, 0) is 6.42 Å². The fraction of sp³-hybridized carbons (Fsp3) is 0.294. The van der Waals surface area contributed by atoms with Crippen LogP contribution >= 0.6 is 11.6 Å². The van der Waals surface area contributed by atoms with Crippen molar-refractivity contribution >= 4 is 11.6 Å². The molecule has 2 aromatic carbocycles. The maximum atomic E-state index is 13.8. The van der Waals surface area contributed by atoms with Gasteiger partial charge in [-0.25, -0.2) is 8.78 Å². The third-order valence-electron chi connectivity index (χ3n) is 3.47. The van der Waals surface area contributed by atoms with Crippen LogP contribution in [0.5, 0.6) is 0 Å². The molecule has 0 saturated carbocycles. The fourth-order valence-corrected chi connectivity index (χ4v) is 2.48. The molecule has 0 aliphatic rings. The highest BCUT2D eigenvalue weighted by Crippen LogP contribution is 2.24. The summed E-state index contributed by atoms with van der Waals surface area (Å²) >= 11 is 6.04. The minimum Gasteiger partial charge on any atom is -0.310 e. The van der Waals surface area contributed by atoms with Crippen molar-refractivity contribution in [3.63, 3.8) is 0 Å². The van der Waals surface area contributed by atoms with E-state index in [2.05, 4.69) is 5.32 Å². The third-order valence-corrected chi connectivity index (χ3v) is 3.89. The molecule has 0 heterocycles. The molecule has 21 heavy (non-hydrogen) atoms. The van der Waals surface area contributed by atoms with Crippen LogP contribution in [0.25, 0.3) is 0 Å². The van der Waals surface area contributed by atoms with E-state index < -0.39 is 5.82 Å². The maximum Gasteiger partial charge on any atom is 0.126 e. The summed E-state index contributed by atoms with van der Waals surface area (Å²) in [6, 6.07) is 9.20. The normalized spacial score (nSPS) is 12.4. The molecule has 4 heteroatoms. The molecule has 0 spiro atoms. The predicted molar refractivity (Wildman–Crippen MR) is 82.7 cm³/mol. The van der Waals surface area contributed by atoms with Crippen LogP contribution in [0.3, 0.4) is 0 Å². The van der Waals surface area contributed by atoms with E-state index >= 15 is 0 Å². The largest absolute Gasteiger partial charge is 0.310 e. The Morgan fingerprint density at radius 1 is 1.14 bits per heavy atom. The van der Waals surface area contributed by atoms with Crippen molar-refractivity contribution in [2.24, 2.45) is 0 Å². The van der Waals surface area contributed by atoms with Gasteiger partial charge in [0.2, 0.25) is 0 Å². The standard InChI is InChI=1S/C17H18ClF2N/c1-3-21-17(12-4-6-15(18)11(2)8-12)10-13-9-14(19)5-7-16(13)20/h4-9,17,21H,3,10H2,1-2H3. The topological polar surface area (TPSA) is 12.0 Å². The number of nitrogens with one attached hydrogen (secondary N) is 1. The zero-order chi connectivity index (χ0) is 15.4. The molecule has 1 nitrogen and oxygen atoms in total. The van der Waals surface area contributed by atoms with Crippen LogP contribution in [0.15, 0.2) is 36.4 Å². The molecule has 0 fully saturated rings. The van der Waals surface area contributed by atoms with Gasteiger partial charge in [0, 0.05) is 11.1 Å². The molecule has 1 N–H and O–H groups in total. The van der Waals surface area contributed by atoms with E-state index in [0.29, 0.717) is 17.0 Å². The number of hydrogen-bond donors (Lipinski definition) is 1. The molecular formula is C17H18ClF2N. The Morgan fingerprint density at radius 3 is 2.57 bits per heavy atom. The number of hydrogen-bond acceptors (Lipinski definition) is 1. The first kappa shape index (κ1) is 15.9. The summed E-state index contributed by atoms with van der Waals surface area (Å²) in [5.74, 6) is -0.807. The van der Waals surface area contributed by atoms with Crippen molar-refractivity contribution in [1.29, 1.82) is 0 Å². The second-order valence-corrected chi connectivity index (χ2v) is 5.47. The maximum absolute atomic E-state index is 13.8. The highest BCUT2D eigenvalue weighted by molar-refractivity contribution is 6.31. The van der Waals surface area contributed by atoms with Gasteiger partial charge in [0.15, 0.2) is 0 Å². The van der Waals surface area contributed by atoms with E-state index in [1.165, 1.54) is 12.1 Å². The summed E-state index contributed by atoms with van der Waals surface area (Å²) in [6.45, 7) is 4.65. The molecule has 0 amide bonds. The van der Waals surface area contributed by atoms with Crippen molar-refractivity contribution in [1.82, 2.24) is 5.32 Å². The summed E-state index contributed by atoms with van der Waals surface area (Å²) in [5.41, 5.74) is 2.35. The van der Waals surface area contributed by atoms with E-state index in [1.54, 1.807) is 0 Å². The van der Waals surface area contributed by atoms with Gasteiger partial charge < -0.3 is 5.32 Å². The number of benzene rings is 2. The van der Waals surface area contributed by atoms with Crippen molar-refractivity contribution in [2.75, 3.05) is 6.54 Å². The SMILES string of the molecule is CCNC(Cc1cc(F)ccc1F)c1ccc(Cl)c(C)c1. The van der Waals surface area contributed by atoms with Gasteiger partial charge in [-0.05, 0) is 60.8 Å². The third kappa shape index (κ3) is 4.02. The Labute approximate surface area is 128 Å². The first-order chi connectivity index (χ1) is 10.0. The van der Waals surface area contributed by atoms with Gasteiger partial charge in [-0.15, -0.1) is 0 Å². The predicted octanol–water partition coefficient (Wildman–Crippen LogP) is 4.82. The van der Waals surface area contributed by atoms with Crippen molar-refractivity contribution in [3.05, 3.63) is 69.7 Å². The van der Waals surface area contributed by atoms with E-state index in [1.807, 2.05) is 32.0 Å². The number of likely N-dealkylation sites (N-methyl/N-ethyl adjacent to an activating group) is 1. The zero-order valence-corrected chi connectivity index (χ0v) is 12.8. The Bertz CT molecular complexity index is 628. The van der Waals surface area contributed by atoms with Crippen LogP contribution in [0.4, 0.5) is 8.78 Å². The van der Waals surface area contributed by atoms with Crippen molar-refractivity contribution in [2.45, 2.75) is 26.3 Å². The second kappa shape index (κ2) is 7.01. The Morgan fingerprint density at radius 2 is 1.90 bits per heavy atom. The summed E-state index contributed by atoms with van der Waals surface area (Å²) in [5, 5.41) is 4.01. The first-order valence-corrected chi connectivity index (χ1v) is 7.32. The lowest BCUT2D eigenvalue weighted by molar-refractivity contribution is 0.522.